The van der Waals surface area contributed by atoms with Gasteiger partial charge in [0.15, 0.2) is 11.5 Å². The summed E-state index contributed by atoms with van der Waals surface area (Å²) in [6, 6.07) is 9.98. The molecule has 0 aliphatic heterocycles. The molecule has 0 aliphatic rings. The van der Waals surface area contributed by atoms with E-state index < -0.39 is 11.9 Å². The summed E-state index contributed by atoms with van der Waals surface area (Å²) in [6.07, 6.45) is 1.32. The van der Waals surface area contributed by atoms with E-state index in [9.17, 15) is 14.7 Å². The fourth-order valence-corrected chi connectivity index (χ4v) is 2.40. The Hall–Kier alpha value is -3.48. The van der Waals surface area contributed by atoms with Gasteiger partial charge < -0.3 is 24.6 Å². The second-order valence-corrected chi connectivity index (χ2v) is 5.64. The van der Waals surface area contributed by atoms with Gasteiger partial charge in [-0.1, -0.05) is 17.7 Å². The van der Waals surface area contributed by atoms with Crippen LogP contribution in [-0.4, -0.2) is 38.3 Å². The molecule has 0 heterocycles. The number of amides is 1. The van der Waals surface area contributed by atoms with Crippen LogP contribution in [0.2, 0.25) is 0 Å². The van der Waals surface area contributed by atoms with Gasteiger partial charge in [-0.3, -0.25) is 4.79 Å². The number of hydrogen-bond donors (Lipinski definition) is 2. The topological polar surface area (TPSA) is 94.1 Å². The number of aliphatic carboxylic acids is 1. The third-order valence-corrected chi connectivity index (χ3v) is 3.79. The Kier molecular flexibility index (Phi) is 6.43. The Bertz CT molecular complexity index is 846. The summed E-state index contributed by atoms with van der Waals surface area (Å²) in [6.45, 7) is 1.90. The summed E-state index contributed by atoms with van der Waals surface area (Å²) < 4.78 is 15.7. The zero-order valence-corrected chi connectivity index (χ0v) is 15.5. The number of ether oxygens (including phenoxy) is 3. The molecule has 0 bridgehead atoms. The third-order valence-electron chi connectivity index (χ3n) is 3.79. The summed E-state index contributed by atoms with van der Waals surface area (Å²) in [4.78, 5) is 23.9. The summed E-state index contributed by atoms with van der Waals surface area (Å²) in [5, 5.41) is 11.9. The molecule has 0 spiro atoms. The second kappa shape index (κ2) is 8.75. The van der Waals surface area contributed by atoms with Crippen LogP contribution in [0.4, 0.5) is 0 Å². The fourth-order valence-electron chi connectivity index (χ4n) is 2.40. The Morgan fingerprint density at radius 3 is 1.96 bits per heavy atom. The van der Waals surface area contributed by atoms with E-state index in [0.29, 0.717) is 28.4 Å². The molecule has 2 aromatic carbocycles. The maximum Gasteiger partial charge on any atom is 0.352 e. The number of nitrogens with one attached hydrogen (secondary N) is 1. The molecule has 0 aliphatic carbocycles. The maximum absolute atomic E-state index is 12.3. The number of carbonyl (C=O) groups excluding carboxylic acids is 1. The monoisotopic (exact) mass is 371 g/mol. The van der Waals surface area contributed by atoms with Crippen LogP contribution in [-0.2, 0) is 4.79 Å². The van der Waals surface area contributed by atoms with Crippen LogP contribution in [0.5, 0.6) is 17.2 Å². The highest BCUT2D eigenvalue weighted by molar-refractivity contribution is 6.02. The van der Waals surface area contributed by atoms with E-state index in [-0.39, 0.29) is 5.70 Å². The van der Waals surface area contributed by atoms with Crippen LogP contribution >= 0.6 is 0 Å². The molecular formula is C20H21NO6. The lowest BCUT2D eigenvalue weighted by molar-refractivity contribution is -0.132. The number of benzene rings is 2. The molecule has 0 saturated carbocycles. The fraction of sp³-hybridized carbons (Fsp3) is 0.200. The van der Waals surface area contributed by atoms with Gasteiger partial charge in [0.25, 0.3) is 5.91 Å². The Balaban J connectivity index is 2.38. The van der Waals surface area contributed by atoms with Crippen LogP contribution in [0.3, 0.4) is 0 Å². The number of carboxylic acids is 1. The van der Waals surface area contributed by atoms with Crippen molar-refractivity contribution in [3.8, 4) is 17.2 Å². The van der Waals surface area contributed by atoms with E-state index in [1.807, 2.05) is 6.92 Å². The molecule has 0 unspecified atom stereocenters. The summed E-state index contributed by atoms with van der Waals surface area (Å²) in [5.41, 5.74) is 1.54. The predicted octanol–water partition coefficient (Wildman–Crippen LogP) is 2.88. The molecule has 1 amide bonds. The van der Waals surface area contributed by atoms with Crippen molar-refractivity contribution >= 4 is 18.0 Å². The van der Waals surface area contributed by atoms with Crippen molar-refractivity contribution in [2.24, 2.45) is 0 Å². The Labute approximate surface area is 157 Å². The van der Waals surface area contributed by atoms with Crippen LogP contribution in [0.25, 0.3) is 6.08 Å². The van der Waals surface area contributed by atoms with E-state index in [1.54, 1.807) is 36.4 Å². The average molecular weight is 371 g/mol. The zero-order chi connectivity index (χ0) is 20.0. The smallest absolute Gasteiger partial charge is 0.352 e. The molecule has 0 atom stereocenters. The number of carboxylic acid groups (broad SMARTS) is 1. The van der Waals surface area contributed by atoms with Crippen molar-refractivity contribution in [1.82, 2.24) is 5.32 Å². The number of carbonyl (C=O) groups is 2. The molecular weight excluding hydrogens is 350 g/mol. The molecule has 7 heteroatoms. The highest BCUT2D eigenvalue weighted by Crippen LogP contribution is 2.38. The van der Waals surface area contributed by atoms with Crippen molar-refractivity contribution in [2.75, 3.05) is 21.3 Å². The van der Waals surface area contributed by atoms with Gasteiger partial charge in [-0.25, -0.2) is 4.79 Å². The maximum atomic E-state index is 12.3. The molecule has 0 fully saturated rings. The van der Waals surface area contributed by atoms with Crippen molar-refractivity contribution in [2.45, 2.75) is 6.92 Å². The van der Waals surface area contributed by atoms with Crippen LogP contribution in [0, 0.1) is 6.92 Å². The van der Waals surface area contributed by atoms with Gasteiger partial charge in [-0.15, -0.1) is 0 Å². The number of rotatable bonds is 7. The minimum atomic E-state index is -1.27. The lowest BCUT2D eigenvalue weighted by Gasteiger charge is -2.13. The minimum Gasteiger partial charge on any atom is -0.493 e. The first-order valence-corrected chi connectivity index (χ1v) is 8.02. The molecule has 2 N–H and O–H groups in total. The van der Waals surface area contributed by atoms with E-state index in [1.165, 1.54) is 27.4 Å². The Morgan fingerprint density at radius 2 is 1.52 bits per heavy atom. The minimum absolute atomic E-state index is 0.283. The lowest BCUT2D eigenvalue weighted by atomic mass is 10.1. The zero-order valence-electron chi connectivity index (χ0n) is 15.5. The average Bonchev–Trinajstić information content (AvgIpc) is 2.66. The summed E-state index contributed by atoms with van der Waals surface area (Å²) in [7, 11) is 4.39. The molecule has 27 heavy (non-hydrogen) atoms. The van der Waals surface area contributed by atoms with Gasteiger partial charge in [0.05, 0.1) is 21.3 Å². The second-order valence-electron chi connectivity index (χ2n) is 5.64. The molecule has 142 valence electrons. The molecule has 2 aromatic rings. The van der Waals surface area contributed by atoms with Crippen molar-refractivity contribution in [1.29, 1.82) is 0 Å². The molecule has 2 rings (SSSR count). The van der Waals surface area contributed by atoms with E-state index in [2.05, 4.69) is 5.32 Å². The molecule has 0 radical (unpaired) electrons. The summed E-state index contributed by atoms with van der Waals surface area (Å²) in [5.74, 6) is -0.659. The van der Waals surface area contributed by atoms with Gasteiger partial charge >= 0.3 is 5.97 Å². The number of aryl methyl sites for hydroxylation is 1. The Morgan fingerprint density at radius 1 is 0.963 bits per heavy atom. The highest BCUT2D eigenvalue weighted by atomic mass is 16.5. The normalized spacial score (nSPS) is 10.9. The number of methoxy groups -OCH3 is 3. The van der Waals surface area contributed by atoms with E-state index in [4.69, 9.17) is 14.2 Å². The van der Waals surface area contributed by atoms with Gasteiger partial charge in [-0.2, -0.15) is 0 Å². The first-order valence-electron chi connectivity index (χ1n) is 8.02. The molecule has 0 saturated heterocycles. The van der Waals surface area contributed by atoms with Crippen molar-refractivity contribution < 1.29 is 28.9 Å². The van der Waals surface area contributed by atoms with Gasteiger partial charge in [0.2, 0.25) is 5.75 Å². The van der Waals surface area contributed by atoms with Crippen LogP contribution < -0.4 is 19.5 Å². The van der Waals surface area contributed by atoms with Gasteiger partial charge in [0, 0.05) is 5.56 Å². The van der Waals surface area contributed by atoms with Gasteiger partial charge in [0.1, 0.15) is 5.70 Å². The van der Waals surface area contributed by atoms with Gasteiger partial charge in [-0.05, 0) is 42.8 Å². The SMILES string of the molecule is COc1cc(/C=C(\NC(=O)c2ccc(C)cc2)C(=O)O)cc(OC)c1OC. The standard InChI is InChI=1S/C20H21NO6/c1-12-5-7-14(8-6-12)19(22)21-15(20(23)24)9-13-10-16(25-2)18(27-4)17(11-13)26-3/h5-11H,1-4H3,(H,21,22)(H,23,24)/b15-9-. The van der Waals surface area contributed by atoms with E-state index in [0.717, 1.165) is 5.56 Å². The lowest BCUT2D eigenvalue weighted by Crippen LogP contribution is -2.27. The predicted molar refractivity (Wildman–Crippen MR) is 100 cm³/mol. The molecule has 0 aromatic heterocycles. The first-order chi connectivity index (χ1) is 12.9. The summed E-state index contributed by atoms with van der Waals surface area (Å²) >= 11 is 0. The van der Waals surface area contributed by atoms with Crippen LogP contribution in [0.15, 0.2) is 42.1 Å². The van der Waals surface area contributed by atoms with Crippen molar-refractivity contribution in [3.05, 3.63) is 58.8 Å². The third kappa shape index (κ3) is 4.78. The quantitative estimate of drug-likeness (QED) is 0.727. The van der Waals surface area contributed by atoms with Crippen LogP contribution in [0.1, 0.15) is 21.5 Å². The van der Waals surface area contributed by atoms with Crippen molar-refractivity contribution in [3.63, 3.8) is 0 Å². The molecule has 7 nitrogen and oxygen atoms in total. The highest BCUT2D eigenvalue weighted by Gasteiger charge is 2.16. The largest absolute Gasteiger partial charge is 0.493 e. The van der Waals surface area contributed by atoms with E-state index >= 15 is 0 Å². The first kappa shape index (κ1) is 19.8. The number of hydrogen-bond acceptors (Lipinski definition) is 5.